The molecule has 0 amide bonds. The minimum absolute atomic E-state index is 0.121. The second-order valence-electron chi connectivity index (χ2n) is 4.47. The van der Waals surface area contributed by atoms with E-state index < -0.39 is 10.0 Å². The summed E-state index contributed by atoms with van der Waals surface area (Å²) in [6.07, 6.45) is 0. The Morgan fingerprint density at radius 3 is 2.79 bits per heavy atom. The number of sulfonamides is 1. The summed E-state index contributed by atoms with van der Waals surface area (Å²) in [6, 6.07) is 6.64. The Morgan fingerprint density at radius 1 is 1.26 bits per heavy atom. The van der Waals surface area contributed by atoms with E-state index in [1.165, 1.54) is 6.07 Å². The van der Waals surface area contributed by atoms with Crippen molar-refractivity contribution in [3.8, 4) is 0 Å². The fourth-order valence-corrected chi connectivity index (χ4v) is 3.06. The number of aromatic nitrogens is 1. The van der Waals surface area contributed by atoms with E-state index in [0.29, 0.717) is 12.2 Å². The molecule has 19 heavy (non-hydrogen) atoms. The number of aryl methyl sites for hydroxylation is 1. The van der Waals surface area contributed by atoms with Crippen molar-refractivity contribution in [1.29, 1.82) is 0 Å². The van der Waals surface area contributed by atoms with Crippen LogP contribution in [0.3, 0.4) is 0 Å². The first-order valence-electron chi connectivity index (χ1n) is 5.83. The van der Waals surface area contributed by atoms with E-state index in [-0.39, 0.29) is 10.8 Å². The molecule has 0 saturated carbocycles. The van der Waals surface area contributed by atoms with Crippen LogP contribution in [0.5, 0.6) is 0 Å². The van der Waals surface area contributed by atoms with Crippen LogP contribution in [-0.2, 0) is 23.1 Å². The van der Waals surface area contributed by atoms with Crippen LogP contribution in [-0.4, -0.2) is 13.6 Å². The summed E-state index contributed by atoms with van der Waals surface area (Å²) in [4.78, 5) is 0.226. The molecule has 0 spiro atoms. The molecule has 2 heterocycles. The SMILES string of the molecule is Cc1cc(NS(=O)(=O)c2ccc3c(c2)CNC3)on1. The van der Waals surface area contributed by atoms with Crippen molar-refractivity contribution in [3.05, 3.63) is 41.1 Å². The van der Waals surface area contributed by atoms with Gasteiger partial charge >= 0.3 is 0 Å². The molecule has 100 valence electrons. The Bertz CT molecular complexity index is 722. The molecule has 0 atom stereocenters. The van der Waals surface area contributed by atoms with Gasteiger partial charge in [0.05, 0.1) is 10.6 Å². The van der Waals surface area contributed by atoms with Gasteiger partial charge in [0.2, 0.25) is 5.88 Å². The smallest absolute Gasteiger partial charge is 0.264 e. The maximum atomic E-state index is 12.2. The van der Waals surface area contributed by atoms with Gasteiger partial charge in [0.25, 0.3) is 10.0 Å². The first-order chi connectivity index (χ1) is 9.04. The molecule has 1 aliphatic heterocycles. The first kappa shape index (κ1) is 12.2. The summed E-state index contributed by atoms with van der Waals surface area (Å²) in [7, 11) is -3.63. The quantitative estimate of drug-likeness (QED) is 0.887. The fraction of sp³-hybridized carbons (Fsp3) is 0.250. The van der Waals surface area contributed by atoms with Crippen LogP contribution in [0.2, 0.25) is 0 Å². The van der Waals surface area contributed by atoms with Gasteiger partial charge in [-0.05, 0) is 30.2 Å². The third kappa shape index (κ3) is 2.34. The number of hydrogen-bond donors (Lipinski definition) is 2. The molecule has 7 heteroatoms. The molecule has 0 radical (unpaired) electrons. The highest BCUT2D eigenvalue weighted by Crippen LogP contribution is 2.22. The number of anilines is 1. The number of benzene rings is 1. The first-order valence-corrected chi connectivity index (χ1v) is 7.31. The fourth-order valence-electron chi connectivity index (χ4n) is 2.04. The minimum atomic E-state index is -3.63. The van der Waals surface area contributed by atoms with Crippen molar-refractivity contribution < 1.29 is 12.9 Å². The average Bonchev–Trinajstić information content (AvgIpc) is 2.96. The van der Waals surface area contributed by atoms with Crippen molar-refractivity contribution in [2.75, 3.05) is 4.72 Å². The van der Waals surface area contributed by atoms with Crippen molar-refractivity contribution in [1.82, 2.24) is 10.5 Å². The van der Waals surface area contributed by atoms with E-state index >= 15 is 0 Å². The largest absolute Gasteiger partial charge is 0.338 e. The third-order valence-corrected chi connectivity index (χ3v) is 4.33. The molecular weight excluding hydrogens is 266 g/mol. The highest BCUT2D eigenvalue weighted by atomic mass is 32.2. The zero-order chi connectivity index (χ0) is 13.5. The molecule has 1 aromatic carbocycles. The summed E-state index contributed by atoms with van der Waals surface area (Å²) in [5.41, 5.74) is 2.77. The molecule has 3 rings (SSSR count). The number of hydrogen-bond acceptors (Lipinski definition) is 5. The molecule has 0 bridgehead atoms. The molecule has 6 nitrogen and oxygen atoms in total. The summed E-state index contributed by atoms with van der Waals surface area (Å²) in [6.45, 7) is 3.20. The average molecular weight is 279 g/mol. The maximum absolute atomic E-state index is 12.2. The Kier molecular flexibility index (Phi) is 2.79. The molecule has 0 fully saturated rings. The summed E-state index contributed by atoms with van der Waals surface area (Å²) in [5, 5.41) is 6.82. The molecular formula is C12H13N3O3S. The molecule has 0 saturated heterocycles. The lowest BCUT2D eigenvalue weighted by Gasteiger charge is -2.06. The van der Waals surface area contributed by atoms with Crippen molar-refractivity contribution in [2.45, 2.75) is 24.9 Å². The van der Waals surface area contributed by atoms with Crippen molar-refractivity contribution >= 4 is 15.9 Å². The topological polar surface area (TPSA) is 84.2 Å². The van der Waals surface area contributed by atoms with E-state index in [4.69, 9.17) is 4.52 Å². The molecule has 2 N–H and O–H groups in total. The zero-order valence-corrected chi connectivity index (χ0v) is 11.1. The normalized spacial score (nSPS) is 14.4. The zero-order valence-electron chi connectivity index (χ0n) is 10.3. The lowest BCUT2D eigenvalue weighted by atomic mass is 10.1. The summed E-state index contributed by atoms with van der Waals surface area (Å²) < 4.78 is 31.6. The Balaban J connectivity index is 1.92. The second kappa shape index (κ2) is 4.36. The number of fused-ring (bicyclic) bond motifs is 1. The molecule has 0 unspecified atom stereocenters. The highest BCUT2D eigenvalue weighted by Gasteiger charge is 2.19. The van der Waals surface area contributed by atoms with E-state index in [9.17, 15) is 8.42 Å². The minimum Gasteiger partial charge on any atom is -0.338 e. The van der Waals surface area contributed by atoms with Gasteiger partial charge in [0.1, 0.15) is 0 Å². The van der Waals surface area contributed by atoms with Gasteiger partial charge in [-0.2, -0.15) is 0 Å². The van der Waals surface area contributed by atoms with E-state index in [1.807, 2.05) is 6.07 Å². The summed E-state index contributed by atoms with van der Waals surface area (Å²) >= 11 is 0. The van der Waals surface area contributed by atoms with Gasteiger partial charge < -0.3 is 9.84 Å². The van der Waals surface area contributed by atoms with Crippen LogP contribution in [0, 0.1) is 6.92 Å². The highest BCUT2D eigenvalue weighted by molar-refractivity contribution is 7.92. The van der Waals surface area contributed by atoms with Gasteiger partial charge in [0, 0.05) is 19.2 Å². The Labute approximate surface area is 110 Å². The van der Waals surface area contributed by atoms with Crippen LogP contribution in [0.15, 0.2) is 33.7 Å². The Hall–Kier alpha value is -1.86. The monoisotopic (exact) mass is 279 g/mol. The standard InChI is InChI=1S/C12H13N3O3S/c1-8-4-12(18-14-8)15-19(16,17)11-3-2-9-6-13-7-10(9)5-11/h2-5,13,15H,6-7H2,1H3. The van der Waals surface area contributed by atoms with Gasteiger partial charge in [0.15, 0.2) is 0 Å². The van der Waals surface area contributed by atoms with Crippen molar-refractivity contribution in [2.24, 2.45) is 0 Å². The second-order valence-corrected chi connectivity index (χ2v) is 6.15. The van der Waals surface area contributed by atoms with Crippen LogP contribution >= 0.6 is 0 Å². The van der Waals surface area contributed by atoms with E-state index in [2.05, 4.69) is 15.2 Å². The van der Waals surface area contributed by atoms with Gasteiger partial charge in [-0.1, -0.05) is 11.2 Å². The lowest BCUT2D eigenvalue weighted by molar-refractivity contribution is 0.430. The maximum Gasteiger partial charge on any atom is 0.264 e. The Morgan fingerprint density at radius 2 is 2.05 bits per heavy atom. The number of nitrogens with one attached hydrogen (secondary N) is 2. The van der Waals surface area contributed by atoms with Gasteiger partial charge in [-0.15, -0.1) is 0 Å². The predicted octanol–water partition coefficient (Wildman–Crippen LogP) is 1.39. The summed E-state index contributed by atoms with van der Waals surface area (Å²) in [5.74, 6) is 0.121. The van der Waals surface area contributed by atoms with Crippen LogP contribution in [0.25, 0.3) is 0 Å². The molecule has 2 aromatic rings. The van der Waals surface area contributed by atoms with E-state index in [1.54, 1.807) is 19.1 Å². The molecule has 1 aliphatic rings. The molecule has 1 aromatic heterocycles. The lowest BCUT2D eigenvalue weighted by Crippen LogP contribution is -2.12. The van der Waals surface area contributed by atoms with Crippen LogP contribution in [0.4, 0.5) is 5.88 Å². The van der Waals surface area contributed by atoms with Crippen molar-refractivity contribution in [3.63, 3.8) is 0 Å². The third-order valence-electron chi connectivity index (χ3n) is 2.98. The number of nitrogens with zero attached hydrogens (tertiary/aromatic N) is 1. The van der Waals surface area contributed by atoms with E-state index in [0.717, 1.165) is 17.7 Å². The number of rotatable bonds is 3. The predicted molar refractivity (Wildman–Crippen MR) is 69.0 cm³/mol. The van der Waals surface area contributed by atoms with Gasteiger partial charge in [-0.3, -0.25) is 0 Å². The van der Waals surface area contributed by atoms with Crippen LogP contribution < -0.4 is 10.0 Å². The van der Waals surface area contributed by atoms with Gasteiger partial charge in [-0.25, -0.2) is 13.1 Å². The molecule has 0 aliphatic carbocycles. The van der Waals surface area contributed by atoms with Crippen LogP contribution in [0.1, 0.15) is 16.8 Å².